The molecule has 0 bridgehead atoms. The summed E-state index contributed by atoms with van der Waals surface area (Å²) in [5.74, 6) is -0.211. The van der Waals surface area contributed by atoms with Crippen molar-refractivity contribution in [2.24, 2.45) is 5.73 Å². The van der Waals surface area contributed by atoms with Gasteiger partial charge in [0.2, 0.25) is 0 Å². The molecule has 1 heterocycles. The minimum atomic E-state index is -0.281. The SMILES string of the molecule is CC(N)[C@@H]1OCc2cccc(F)c21. The molecule has 0 saturated heterocycles. The van der Waals surface area contributed by atoms with Gasteiger partial charge in [0.25, 0.3) is 0 Å². The molecule has 0 aliphatic carbocycles. The third-order valence-corrected chi connectivity index (χ3v) is 2.32. The minimum absolute atomic E-state index is 0.168. The van der Waals surface area contributed by atoms with Gasteiger partial charge in [-0.2, -0.15) is 0 Å². The zero-order valence-electron chi connectivity index (χ0n) is 7.46. The van der Waals surface area contributed by atoms with Crippen LogP contribution < -0.4 is 5.73 Å². The maximum atomic E-state index is 13.4. The van der Waals surface area contributed by atoms with Crippen LogP contribution >= 0.6 is 0 Å². The molecule has 0 saturated carbocycles. The van der Waals surface area contributed by atoms with E-state index in [4.69, 9.17) is 10.5 Å². The molecule has 1 aliphatic rings. The topological polar surface area (TPSA) is 35.2 Å². The highest BCUT2D eigenvalue weighted by molar-refractivity contribution is 5.33. The van der Waals surface area contributed by atoms with Crippen LogP contribution in [0.25, 0.3) is 0 Å². The zero-order valence-corrected chi connectivity index (χ0v) is 7.46. The van der Waals surface area contributed by atoms with Crippen LogP contribution in [0.5, 0.6) is 0 Å². The van der Waals surface area contributed by atoms with E-state index in [-0.39, 0.29) is 18.0 Å². The molecular formula is C10H12FNO. The summed E-state index contributed by atoms with van der Waals surface area (Å²) in [6.07, 6.45) is -0.281. The lowest BCUT2D eigenvalue weighted by Gasteiger charge is -2.15. The van der Waals surface area contributed by atoms with Gasteiger partial charge in [-0.25, -0.2) is 4.39 Å². The Bertz CT molecular complexity index is 325. The van der Waals surface area contributed by atoms with E-state index in [9.17, 15) is 4.39 Å². The van der Waals surface area contributed by atoms with Gasteiger partial charge in [-0.1, -0.05) is 12.1 Å². The number of ether oxygens (including phenoxy) is 1. The molecule has 0 aromatic heterocycles. The Morgan fingerprint density at radius 3 is 3.08 bits per heavy atom. The molecule has 1 aromatic carbocycles. The van der Waals surface area contributed by atoms with Crippen molar-refractivity contribution in [1.29, 1.82) is 0 Å². The molecule has 0 radical (unpaired) electrons. The average Bonchev–Trinajstić information content (AvgIpc) is 2.49. The van der Waals surface area contributed by atoms with E-state index < -0.39 is 0 Å². The second kappa shape index (κ2) is 3.09. The predicted octanol–water partition coefficient (Wildman–Crippen LogP) is 1.74. The first-order valence-corrected chi connectivity index (χ1v) is 4.34. The largest absolute Gasteiger partial charge is 0.367 e. The van der Waals surface area contributed by atoms with Crippen molar-refractivity contribution >= 4 is 0 Å². The summed E-state index contributed by atoms with van der Waals surface area (Å²) in [5.41, 5.74) is 7.25. The number of nitrogens with two attached hydrogens (primary N) is 1. The first-order valence-electron chi connectivity index (χ1n) is 4.34. The lowest BCUT2D eigenvalue weighted by atomic mass is 10.0. The highest BCUT2D eigenvalue weighted by Gasteiger charge is 2.28. The van der Waals surface area contributed by atoms with Crippen molar-refractivity contribution in [3.63, 3.8) is 0 Å². The van der Waals surface area contributed by atoms with E-state index >= 15 is 0 Å². The zero-order chi connectivity index (χ0) is 9.42. The first-order chi connectivity index (χ1) is 6.20. The molecule has 0 amide bonds. The fourth-order valence-corrected chi connectivity index (χ4v) is 1.70. The van der Waals surface area contributed by atoms with Crippen molar-refractivity contribution in [2.45, 2.75) is 25.7 Å². The summed E-state index contributed by atoms with van der Waals surface area (Å²) in [5, 5.41) is 0. The van der Waals surface area contributed by atoms with Gasteiger partial charge in [-0.3, -0.25) is 0 Å². The number of halogens is 1. The van der Waals surface area contributed by atoms with Crippen molar-refractivity contribution < 1.29 is 9.13 Å². The Hall–Kier alpha value is -0.930. The summed E-state index contributed by atoms with van der Waals surface area (Å²) < 4.78 is 18.8. The molecule has 2 rings (SSSR count). The van der Waals surface area contributed by atoms with E-state index in [0.717, 1.165) is 5.56 Å². The van der Waals surface area contributed by atoms with Crippen LogP contribution in [-0.4, -0.2) is 6.04 Å². The van der Waals surface area contributed by atoms with Crippen molar-refractivity contribution in [2.75, 3.05) is 0 Å². The monoisotopic (exact) mass is 181 g/mol. The lowest BCUT2D eigenvalue weighted by molar-refractivity contribution is 0.0502. The summed E-state index contributed by atoms with van der Waals surface area (Å²) >= 11 is 0. The van der Waals surface area contributed by atoms with Crippen LogP contribution in [0.1, 0.15) is 24.2 Å². The second-order valence-corrected chi connectivity index (χ2v) is 3.40. The molecule has 1 unspecified atom stereocenters. The van der Waals surface area contributed by atoms with Gasteiger partial charge in [0.05, 0.1) is 6.61 Å². The van der Waals surface area contributed by atoms with Gasteiger partial charge >= 0.3 is 0 Å². The molecule has 1 aliphatic heterocycles. The molecule has 2 N–H and O–H groups in total. The Balaban J connectivity index is 2.46. The molecule has 2 atom stereocenters. The Kier molecular flexibility index (Phi) is 2.06. The van der Waals surface area contributed by atoms with Gasteiger partial charge in [-0.05, 0) is 18.6 Å². The molecule has 0 fully saturated rings. The number of fused-ring (bicyclic) bond motifs is 1. The van der Waals surface area contributed by atoms with Gasteiger partial charge in [0.1, 0.15) is 11.9 Å². The van der Waals surface area contributed by atoms with Crippen LogP contribution in [0.15, 0.2) is 18.2 Å². The first kappa shape index (κ1) is 8.66. The average molecular weight is 181 g/mol. The summed E-state index contributed by atoms with van der Waals surface area (Å²) in [6, 6.07) is 4.85. The summed E-state index contributed by atoms with van der Waals surface area (Å²) in [7, 11) is 0. The highest BCUT2D eigenvalue weighted by atomic mass is 19.1. The molecule has 3 heteroatoms. The van der Waals surface area contributed by atoms with E-state index in [0.29, 0.717) is 12.2 Å². The number of hydrogen-bond acceptors (Lipinski definition) is 2. The molecule has 1 aromatic rings. The van der Waals surface area contributed by atoms with Crippen molar-refractivity contribution in [1.82, 2.24) is 0 Å². The van der Waals surface area contributed by atoms with Crippen molar-refractivity contribution in [3.8, 4) is 0 Å². The van der Waals surface area contributed by atoms with Crippen LogP contribution in [0, 0.1) is 5.82 Å². The normalized spacial score (nSPS) is 22.8. The molecule has 2 nitrogen and oxygen atoms in total. The van der Waals surface area contributed by atoms with Crippen LogP contribution in [0.2, 0.25) is 0 Å². The standard InChI is InChI=1S/C10H12FNO/c1-6(12)10-9-7(5-13-10)3-2-4-8(9)11/h2-4,6,10H,5,12H2,1H3/t6?,10-/m0/s1. The second-order valence-electron chi connectivity index (χ2n) is 3.40. The fraction of sp³-hybridized carbons (Fsp3) is 0.400. The van der Waals surface area contributed by atoms with Crippen LogP contribution in [0.3, 0.4) is 0 Å². The quantitative estimate of drug-likeness (QED) is 0.716. The summed E-state index contributed by atoms with van der Waals surface area (Å²) in [6.45, 7) is 2.30. The van der Waals surface area contributed by atoms with Gasteiger partial charge in [-0.15, -0.1) is 0 Å². The Morgan fingerprint density at radius 1 is 1.62 bits per heavy atom. The molecule has 13 heavy (non-hydrogen) atoms. The van der Waals surface area contributed by atoms with Crippen LogP contribution in [0.4, 0.5) is 4.39 Å². The lowest BCUT2D eigenvalue weighted by Crippen LogP contribution is -2.24. The molecule has 70 valence electrons. The van der Waals surface area contributed by atoms with E-state index in [1.165, 1.54) is 6.07 Å². The smallest absolute Gasteiger partial charge is 0.129 e. The van der Waals surface area contributed by atoms with Crippen molar-refractivity contribution in [3.05, 3.63) is 35.1 Å². The number of benzene rings is 1. The highest BCUT2D eigenvalue weighted by Crippen LogP contribution is 2.33. The maximum Gasteiger partial charge on any atom is 0.129 e. The minimum Gasteiger partial charge on any atom is -0.367 e. The van der Waals surface area contributed by atoms with E-state index in [1.807, 2.05) is 13.0 Å². The Morgan fingerprint density at radius 2 is 2.38 bits per heavy atom. The molecular weight excluding hydrogens is 169 g/mol. The third-order valence-electron chi connectivity index (χ3n) is 2.32. The number of hydrogen-bond donors (Lipinski definition) is 1. The van der Waals surface area contributed by atoms with Gasteiger partial charge in [0.15, 0.2) is 0 Å². The molecule has 0 spiro atoms. The van der Waals surface area contributed by atoms with E-state index in [2.05, 4.69) is 0 Å². The van der Waals surface area contributed by atoms with Crippen LogP contribution in [-0.2, 0) is 11.3 Å². The summed E-state index contributed by atoms with van der Waals surface area (Å²) in [4.78, 5) is 0. The van der Waals surface area contributed by atoms with Gasteiger partial charge in [0, 0.05) is 11.6 Å². The Labute approximate surface area is 76.5 Å². The predicted molar refractivity (Wildman–Crippen MR) is 47.6 cm³/mol. The third kappa shape index (κ3) is 1.34. The van der Waals surface area contributed by atoms with E-state index in [1.54, 1.807) is 6.07 Å². The maximum absolute atomic E-state index is 13.4. The van der Waals surface area contributed by atoms with Gasteiger partial charge < -0.3 is 10.5 Å². The number of rotatable bonds is 1. The fourth-order valence-electron chi connectivity index (χ4n) is 1.70.